The number of hydrogen-bond donors (Lipinski definition) is 2. The lowest BCUT2D eigenvalue weighted by Gasteiger charge is -2.17. The Morgan fingerprint density at radius 3 is 2.04 bits per heavy atom. The maximum Gasteiger partial charge on any atom is 0.416 e. The van der Waals surface area contributed by atoms with Gasteiger partial charge < -0.3 is 19.9 Å². The van der Waals surface area contributed by atoms with Crippen LogP contribution in [0.2, 0.25) is 0 Å². The predicted octanol–water partition coefficient (Wildman–Crippen LogP) is 9.15. The van der Waals surface area contributed by atoms with E-state index in [1.165, 1.54) is 12.1 Å². The zero-order chi connectivity index (χ0) is 32.0. The van der Waals surface area contributed by atoms with Crippen molar-refractivity contribution in [1.82, 2.24) is 5.32 Å². The lowest BCUT2D eigenvalue weighted by atomic mass is 9.99. The number of benzene rings is 5. The Bertz CT molecular complexity index is 1790. The topological polar surface area (TPSA) is 84.9 Å². The SMILES string of the molecule is O=C(NC(Cc1ccc(-c2ccccc2Oc2ccccc2)cc1)C(=O)O)c1cc(Br)ccc1Oc1ccc(C(F)(F)F)cc1. The van der Waals surface area contributed by atoms with E-state index < -0.39 is 29.7 Å². The number of aliphatic carboxylic acids is 1. The number of carbonyl (C=O) groups is 2. The molecule has 0 radical (unpaired) electrons. The van der Waals surface area contributed by atoms with Gasteiger partial charge in [-0.15, -0.1) is 0 Å². The van der Waals surface area contributed by atoms with E-state index in [0.717, 1.165) is 35.4 Å². The normalized spacial score (nSPS) is 11.8. The van der Waals surface area contributed by atoms with Crippen molar-refractivity contribution in [3.63, 3.8) is 0 Å². The minimum absolute atomic E-state index is 0.000828. The van der Waals surface area contributed by atoms with Crippen molar-refractivity contribution in [1.29, 1.82) is 0 Å². The molecule has 228 valence electrons. The van der Waals surface area contributed by atoms with Crippen molar-refractivity contribution < 1.29 is 37.3 Å². The number of nitrogens with one attached hydrogen (secondary N) is 1. The van der Waals surface area contributed by atoms with Gasteiger partial charge in [0.1, 0.15) is 29.0 Å². The standard InChI is InChI=1S/C35H25BrF3NO5/c36-25-16-19-32(45-27-17-14-24(15-18-27)35(37,38)39)29(21-25)33(41)40-30(34(42)43)20-22-10-12-23(13-11-22)28-8-4-5-9-31(28)44-26-6-2-1-3-7-26/h1-19,21,30H,20H2,(H,40,41)(H,42,43). The molecule has 0 heterocycles. The van der Waals surface area contributed by atoms with Crippen LogP contribution in [0.25, 0.3) is 11.1 Å². The summed E-state index contributed by atoms with van der Waals surface area (Å²) in [5.74, 6) is -0.496. The van der Waals surface area contributed by atoms with Crippen LogP contribution in [0.5, 0.6) is 23.0 Å². The third-order valence-corrected chi connectivity index (χ3v) is 7.26. The summed E-state index contributed by atoms with van der Waals surface area (Å²) >= 11 is 3.29. The zero-order valence-corrected chi connectivity index (χ0v) is 25.0. The molecule has 0 bridgehead atoms. The molecule has 6 nitrogen and oxygen atoms in total. The Labute approximate surface area is 265 Å². The highest BCUT2D eigenvalue weighted by Gasteiger charge is 2.30. The first-order chi connectivity index (χ1) is 21.6. The Morgan fingerprint density at radius 1 is 0.756 bits per heavy atom. The van der Waals surface area contributed by atoms with Crippen LogP contribution in [-0.2, 0) is 17.4 Å². The fraction of sp³-hybridized carbons (Fsp3) is 0.0857. The largest absolute Gasteiger partial charge is 0.480 e. The number of amides is 1. The minimum atomic E-state index is -4.51. The van der Waals surface area contributed by atoms with Gasteiger partial charge in [-0.05, 0) is 71.8 Å². The van der Waals surface area contributed by atoms with E-state index >= 15 is 0 Å². The van der Waals surface area contributed by atoms with Crippen LogP contribution in [0.4, 0.5) is 13.2 Å². The smallest absolute Gasteiger partial charge is 0.416 e. The third-order valence-electron chi connectivity index (χ3n) is 6.76. The maximum absolute atomic E-state index is 13.3. The van der Waals surface area contributed by atoms with Gasteiger partial charge in [0.2, 0.25) is 0 Å². The van der Waals surface area contributed by atoms with E-state index in [1.807, 2.05) is 66.7 Å². The third kappa shape index (κ3) is 8.10. The predicted molar refractivity (Wildman–Crippen MR) is 167 cm³/mol. The molecule has 45 heavy (non-hydrogen) atoms. The average Bonchev–Trinajstić information content (AvgIpc) is 3.02. The average molecular weight is 676 g/mol. The fourth-order valence-corrected chi connectivity index (χ4v) is 4.87. The molecule has 10 heteroatoms. The molecule has 1 atom stereocenters. The zero-order valence-electron chi connectivity index (χ0n) is 23.4. The number of carboxylic acids is 1. The molecule has 0 aliphatic carbocycles. The Morgan fingerprint density at radius 2 is 1.38 bits per heavy atom. The van der Waals surface area contributed by atoms with Crippen LogP contribution < -0.4 is 14.8 Å². The Hall–Kier alpha value is -5.09. The summed E-state index contributed by atoms with van der Waals surface area (Å²) < 4.78 is 51.1. The van der Waals surface area contributed by atoms with Gasteiger partial charge in [0.15, 0.2) is 0 Å². The molecule has 1 unspecified atom stereocenters. The highest BCUT2D eigenvalue weighted by molar-refractivity contribution is 9.10. The lowest BCUT2D eigenvalue weighted by Crippen LogP contribution is -2.42. The molecule has 5 rings (SSSR count). The van der Waals surface area contributed by atoms with Gasteiger partial charge in [-0.25, -0.2) is 4.79 Å². The van der Waals surface area contributed by atoms with E-state index in [-0.39, 0.29) is 23.5 Å². The van der Waals surface area contributed by atoms with Gasteiger partial charge in [-0.3, -0.25) is 4.79 Å². The van der Waals surface area contributed by atoms with Crippen LogP contribution in [0.15, 0.2) is 126 Å². The molecule has 0 aliphatic rings. The van der Waals surface area contributed by atoms with Crippen molar-refractivity contribution in [3.05, 3.63) is 142 Å². The lowest BCUT2D eigenvalue weighted by molar-refractivity contribution is -0.139. The van der Waals surface area contributed by atoms with E-state index in [1.54, 1.807) is 18.2 Å². The first kappa shape index (κ1) is 31.3. The highest BCUT2D eigenvalue weighted by atomic mass is 79.9. The first-order valence-corrected chi connectivity index (χ1v) is 14.5. The minimum Gasteiger partial charge on any atom is -0.480 e. The quantitative estimate of drug-likeness (QED) is 0.154. The van der Waals surface area contributed by atoms with Gasteiger partial charge in [-0.2, -0.15) is 13.2 Å². The second-order valence-corrected chi connectivity index (χ2v) is 10.9. The summed E-state index contributed by atoms with van der Waals surface area (Å²) in [5, 5.41) is 12.5. The number of halogens is 4. The van der Waals surface area contributed by atoms with Crippen molar-refractivity contribution in [2.24, 2.45) is 0 Å². The number of carboxylic acid groups (broad SMARTS) is 1. The molecule has 0 spiro atoms. The monoisotopic (exact) mass is 675 g/mol. The number of alkyl halides is 3. The second kappa shape index (κ2) is 13.7. The molecule has 0 saturated heterocycles. The molecular formula is C35H25BrF3NO5. The van der Waals surface area contributed by atoms with Crippen LogP contribution in [0.1, 0.15) is 21.5 Å². The van der Waals surface area contributed by atoms with Gasteiger partial charge in [0.25, 0.3) is 5.91 Å². The van der Waals surface area contributed by atoms with E-state index in [4.69, 9.17) is 9.47 Å². The molecule has 5 aromatic rings. The van der Waals surface area contributed by atoms with Crippen LogP contribution >= 0.6 is 15.9 Å². The van der Waals surface area contributed by atoms with Crippen LogP contribution in [-0.4, -0.2) is 23.0 Å². The molecule has 1 amide bonds. The van der Waals surface area contributed by atoms with E-state index in [0.29, 0.717) is 21.5 Å². The summed E-state index contributed by atoms with van der Waals surface area (Å²) in [6.07, 6.45) is -4.51. The molecule has 0 fully saturated rings. The van der Waals surface area contributed by atoms with E-state index in [9.17, 15) is 27.9 Å². The van der Waals surface area contributed by atoms with Gasteiger partial charge in [-0.1, -0.05) is 76.6 Å². The van der Waals surface area contributed by atoms with Crippen LogP contribution in [0.3, 0.4) is 0 Å². The summed E-state index contributed by atoms with van der Waals surface area (Å²) in [6, 6.07) is 31.5. The fourth-order valence-electron chi connectivity index (χ4n) is 4.51. The first-order valence-electron chi connectivity index (χ1n) is 13.7. The molecular weight excluding hydrogens is 651 g/mol. The van der Waals surface area contributed by atoms with Crippen LogP contribution in [0, 0.1) is 0 Å². The van der Waals surface area contributed by atoms with Gasteiger partial charge in [0.05, 0.1) is 11.1 Å². The number of carbonyl (C=O) groups excluding carboxylic acids is 1. The van der Waals surface area contributed by atoms with Crippen molar-refractivity contribution in [3.8, 4) is 34.1 Å². The molecule has 0 aliphatic heterocycles. The summed E-state index contributed by atoms with van der Waals surface area (Å²) in [5.41, 5.74) is 1.54. The number of para-hydroxylation sites is 2. The summed E-state index contributed by atoms with van der Waals surface area (Å²) in [7, 11) is 0. The highest BCUT2D eigenvalue weighted by Crippen LogP contribution is 2.34. The van der Waals surface area contributed by atoms with Crippen molar-refractivity contribution in [2.75, 3.05) is 0 Å². The summed E-state index contributed by atoms with van der Waals surface area (Å²) in [4.78, 5) is 25.5. The van der Waals surface area contributed by atoms with Crippen molar-refractivity contribution >= 4 is 27.8 Å². The molecule has 5 aromatic carbocycles. The molecule has 0 saturated carbocycles. The Balaban J connectivity index is 1.30. The van der Waals surface area contributed by atoms with E-state index in [2.05, 4.69) is 21.2 Å². The molecule has 2 N–H and O–H groups in total. The number of hydrogen-bond acceptors (Lipinski definition) is 4. The second-order valence-electron chi connectivity index (χ2n) is 9.94. The summed E-state index contributed by atoms with van der Waals surface area (Å²) in [6.45, 7) is 0. The number of rotatable bonds is 10. The number of ether oxygens (including phenoxy) is 2. The maximum atomic E-state index is 13.3. The Kier molecular flexibility index (Phi) is 9.53. The molecule has 0 aromatic heterocycles. The van der Waals surface area contributed by atoms with Gasteiger partial charge >= 0.3 is 12.1 Å². The van der Waals surface area contributed by atoms with Crippen molar-refractivity contribution in [2.45, 2.75) is 18.6 Å². The van der Waals surface area contributed by atoms with Gasteiger partial charge in [0, 0.05) is 16.5 Å².